The summed E-state index contributed by atoms with van der Waals surface area (Å²) in [6.45, 7) is 12.2. The first kappa shape index (κ1) is 21.4. The van der Waals surface area contributed by atoms with Gasteiger partial charge in [0.15, 0.2) is 0 Å². The maximum atomic E-state index is 13.7. The fourth-order valence-corrected chi connectivity index (χ4v) is 4.61. The van der Waals surface area contributed by atoms with Crippen LogP contribution in [-0.4, -0.2) is 29.8 Å². The second kappa shape index (κ2) is 7.99. The minimum atomic E-state index is -0.221. The highest BCUT2D eigenvalue weighted by molar-refractivity contribution is 6.45. The summed E-state index contributed by atoms with van der Waals surface area (Å²) in [7, 11) is 0. The van der Waals surface area contributed by atoms with Crippen molar-refractivity contribution >= 4 is 23.1 Å². The maximum Gasteiger partial charge on any atom is 0.282 e. The van der Waals surface area contributed by atoms with Crippen LogP contribution in [0.5, 0.6) is 0 Å². The molecule has 0 atom stereocenters. The number of anilines is 1. The number of nitrogens with zero attached hydrogens (tertiary/aromatic N) is 2. The SMILES string of the molecule is Cc1ccc(C2=C(N3CCCCC3)C(=O)N(c3ccc(C(C)(C)C)cc3)C2=O)c(C)c1. The van der Waals surface area contributed by atoms with Gasteiger partial charge in [-0.3, -0.25) is 9.59 Å². The van der Waals surface area contributed by atoms with Crippen LogP contribution in [0.4, 0.5) is 5.69 Å². The van der Waals surface area contributed by atoms with Crippen molar-refractivity contribution in [2.75, 3.05) is 18.0 Å². The van der Waals surface area contributed by atoms with Crippen LogP contribution in [0, 0.1) is 13.8 Å². The lowest BCUT2D eigenvalue weighted by molar-refractivity contribution is -0.120. The Hall–Kier alpha value is -2.88. The van der Waals surface area contributed by atoms with Gasteiger partial charge >= 0.3 is 0 Å². The van der Waals surface area contributed by atoms with E-state index in [1.165, 1.54) is 16.9 Å². The zero-order valence-corrected chi connectivity index (χ0v) is 19.3. The molecule has 2 aromatic rings. The molecule has 0 saturated carbocycles. The second-order valence-electron chi connectivity index (χ2n) is 9.83. The predicted molar refractivity (Wildman–Crippen MR) is 126 cm³/mol. The number of carbonyl (C=O) groups excluding carboxylic acids is 2. The lowest BCUT2D eigenvalue weighted by Crippen LogP contribution is -2.37. The quantitative estimate of drug-likeness (QED) is 0.632. The fraction of sp³-hybridized carbons (Fsp3) is 0.407. The monoisotopic (exact) mass is 416 g/mol. The number of piperidine rings is 1. The Morgan fingerprint density at radius 2 is 1.45 bits per heavy atom. The zero-order chi connectivity index (χ0) is 22.3. The van der Waals surface area contributed by atoms with Gasteiger partial charge in [-0.1, -0.05) is 56.7 Å². The van der Waals surface area contributed by atoms with Gasteiger partial charge in [-0.15, -0.1) is 0 Å². The molecule has 0 radical (unpaired) electrons. The van der Waals surface area contributed by atoms with Crippen molar-refractivity contribution in [3.05, 3.63) is 70.4 Å². The summed E-state index contributed by atoms with van der Waals surface area (Å²) in [5.74, 6) is -0.425. The molecule has 2 aromatic carbocycles. The Morgan fingerprint density at radius 3 is 2.03 bits per heavy atom. The maximum absolute atomic E-state index is 13.7. The first-order valence-corrected chi connectivity index (χ1v) is 11.2. The van der Waals surface area contributed by atoms with Crippen LogP contribution in [0.2, 0.25) is 0 Å². The van der Waals surface area contributed by atoms with E-state index < -0.39 is 0 Å². The minimum absolute atomic E-state index is 0.0128. The summed E-state index contributed by atoms with van der Waals surface area (Å²) in [6, 6.07) is 13.9. The summed E-state index contributed by atoms with van der Waals surface area (Å²) < 4.78 is 0. The summed E-state index contributed by atoms with van der Waals surface area (Å²) in [5, 5.41) is 0. The lowest BCUT2D eigenvalue weighted by atomic mass is 9.87. The third-order valence-electron chi connectivity index (χ3n) is 6.37. The molecule has 4 rings (SSSR count). The largest absolute Gasteiger partial charge is 0.366 e. The normalized spacial score (nSPS) is 17.7. The molecular weight excluding hydrogens is 384 g/mol. The molecule has 1 saturated heterocycles. The van der Waals surface area contributed by atoms with Crippen LogP contribution in [0.25, 0.3) is 5.57 Å². The van der Waals surface area contributed by atoms with Crippen molar-refractivity contribution in [3.63, 3.8) is 0 Å². The van der Waals surface area contributed by atoms with Crippen LogP contribution in [0.1, 0.15) is 62.3 Å². The number of likely N-dealkylation sites (tertiary alicyclic amines) is 1. The van der Waals surface area contributed by atoms with Gasteiger partial charge in [0.05, 0.1) is 11.3 Å². The van der Waals surface area contributed by atoms with Crippen molar-refractivity contribution in [1.29, 1.82) is 0 Å². The highest BCUT2D eigenvalue weighted by Gasteiger charge is 2.43. The average Bonchev–Trinajstić information content (AvgIpc) is 2.98. The molecule has 2 aliphatic heterocycles. The molecule has 31 heavy (non-hydrogen) atoms. The summed E-state index contributed by atoms with van der Waals surface area (Å²) in [6.07, 6.45) is 3.26. The van der Waals surface area contributed by atoms with Gasteiger partial charge in [-0.2, -0.15) is 0 Å². The van der Waals surface area contributed by atoms with Gasteiger partial charge in [0.25, 0.3) is 11.8 Å². The lowest BCUT2D eigenvalue weighted by Gasteiger charge is -2.29. The van der Waals surface area contributed by atoms with Gasteiger partial charge in [-0.05, 0) is 67.3 Å². The van der Waals surface area contributed by atoms with Crippen LogP contribution >= 0.6 is 0 Å². The van der Waals surface area contributed by atoms with Gasteiger partial charge in [-0.25, -0.2) is 4.90 Å². The highest BCUT2D eigenvalue weighted by atomic mass is 16.2. The Labute approximate surface area is 185 Å². The molecule has 0 aromatic heterocycles. The van der Waals surface area contributed by atoms with E-state index in [-0.39, 0.29) is 17.2 Å². The third-order valence-corrected chi connectivity index (χ3v) is 6.37. The number of imide groups is 1. The standard InChI is InChI=1S/C27H32N2O2/c1-18-9-14-22(19(2)17-18)23-24(28-15-7-6-8-16-28)26(31)29(25(23)30)21-12-10-20(11-13-21)27(3,4)5/h9-14,17H,6-8,15-16H2,1-5H3. The van der Waals surface area contributed by atoms with Crippen LogP contribution in [0.15, 0.2) is 48.2 Å². The first-order valence-electron chi connectivity index (χ1n) is 11.2. The minimum Gasteiger partial charge on any atom is -0.366 e. The molecule has 0 bridgehead atoms. The molecule has 0 unspecified atom stereocenters. The van der Waals surface area contributed by atoms with E-state index in [1.54, 1.807) is 0 Å². The zero-order valence-electron chi connectivity index (χ0n) is 19.3. The molecule has 2 aliphatic rings. The van der Waals surface area contributed by atoms with E-state index in [0.29, 0.717) is 17.0 Å². The molecular formula is C27H32N2O2. The van der Waals surface area contributed by atoms with Crippen molar-refractivity contribution in [1.82, 2.24) is 4.90 Å². The third kappa shape index (κ3) is 3.91. The van der Waals surface area contributed by atoms with Gasteiger partial charge in [0.1, 0.15) is 5.70 Å². The number of rotatable bonds is 3. The van der Waals surface area contributed by atoms with Crippen LogP contribution < -0.4 is 4.90 Å². The van der Waals surface area contributed by atoms with E-state index in [4.69, 9.17) is 0 Å². The molecule has 2 heterocycles. The number of benzene rings is 2. The van der Waals surface area contributed by atoms with Crippen molar-refractivity contribution in [2.24, 2.45) is 0 Å². The van der Waals surface area contributed by atoms with Gasteiger partial charge < -0.3 is 4.90 Å². The van der Waals surface area contributed by atoms with E-state index in [9.17, 15) is 9.59 Å². The summed E-state index contributed by atoms with van der Waals surface area (Å²) >= 11 is 0. The molecule has 1 fully saturated rings. The number of hydrogen-bond acceptors (Lipinski definition) is 3. The van der Waals surface area contributed by atoms with E-state index in [1.807, 2.05) is 50.2 Å². The molecule has 2 amide bonds. The Bertz CT molecular complexity index is 1050. The predicted octanol–water partition coefficient (Wildman–Crippen LogP) is 5.37. The Morgan fingerprint density at radius 1 is 0.806 bits per heavy atom. The number of aryl methyl sites for hydroxylation is 2. The highest BCUT2D eigenvalue weighted by Crippen LogP contribution is 2.37. The number of hydrogen-bond donors (Lipinski definition) is 0. The van der Waals surface area contributed by atoms with Gasteiger partial charge in [0, 0.05) is 13.1 Å². The average molecular weight is 417 g/mol. The summed E-state index contributed by atoms with van der Waals surface area (Å²) in [5.41, 5.74) is 5.97. The first-order chi connectivity index (χ1) is 14.7. The molecule has 4 nitrogen and oxygen atoms in total. The molecule has 0 aliphatic carbocycles. The topological polar surface area (TPSA) is 40.6 Å². The van der Waals surface area contributed by atoms with Crippen molar-refractivity contribution in [3.8, 4) is 0 Å². The summed E-state index contributed by atoms with van der Waals surface area (Å²) in [4.78, 5) is 30.9. The smallest absolute Gasteiger partial charge is 0.282 e. The fourth-order valence-electron chi connectivity index (χ4n) is 4.61. The van der Waals surface area contributed by atoms with Gasteiger partial charge in [0.2, 0.25) is 0 Å². The Kier molecular flexibility index (Phi) is 5.50. The molecule has 0 N–H and O–H groups in total. The van der Waals surface area contributed by atoms with E-state index in [0.717, 1.165) is 42.6 Å². The number of carbonyl (C=O) groups is 2. The Balaban J connectivity index is 1.80. The second-order valence-corrected chi connectivity index (χ2v) is 9.83. The van der Waals surface area contributed by atoms with Crippen LogP contribution in [0.3, 0.4) is 0 Å². The van der Waals surface area contributed by atoms with E-state index in [2.05, 4.69) is 31.7 Å². The number of amides is 2. The molecule has 4 heteroatoms. The molecule has 0 spiro atoms. The van der Waals surface area contributed by atoms with Crippen molar-refractivity contribution in [2.45, 2.75) is 59.3 Å². The van der Waals surface area contributed by atoms with E-state index >= 15 is 0 Å². The molecule has 162 valence electrons. The van der Waals surface area contributed by atoms with Crippen molar-refractivity contribution < 1.29 is 9.59 Å². The van der Waals surface area contributed by atoms with Crippen LogP contribution in [-0.2, 0) is 15.0 Å².